The Kier molecular flexibility index (Phi) is 5.60. The summed E-state index contributed by atoms with van der Waals surface area (Å²) in [5, 5.41) is 3.23. The Morgan fingerprint density at radius 2 is 1.18 bits per heavy atom. The Balaban J connectivity index is 1.61. The van der Waals surface area contributed by atoms with Gasteiger partial charge in [0.1, 0.15) is 0 Å². The summed E-state index contributed by atoms with van der Waals surface area (Å²) in [5.41, 5.74) is 4.35. The summed E-state index contributed by atoms with van der Waals surface area (Å²) in [7, 11) is 0. The van der Waals surface area contributed by atoms with Crippen LogP contribution < -0.4 is 5.32 Å². The van der Waals surface area contributed by atoms with Crippen molar-refractivity contribution < 1.29 is 4.42 Å². The van der Waals surface area contributed by atoms with E-state index in [0.29, 0.717) is 0 Å². The summed E-state index contributed by atoms with van der Waals surface area (Å²) in [4.78, 5) is 0. The molecule has 1 heterocycles. The lowest BCUT2D eigenvalue weighted by molar-refractivity contribution is 0.581. The maximum Gasteiger partial charge on any atom is 0.343 e. The van der Waals surface area contributed by atoms with Crippen molar-refractivity contribution in [3.63, 3.8) is 0 Å². The highest BCUT2D eigenvalue weighted by molar-refractivity contribution is 5.67. The second-order valence-electron chi connectivity index (χ2n) is 6.48. The molecule has 0 saturated carbocycles. The standard InChI is InChI=1S/C26H21NO/c1-4-10-21(11-5-1)20-27-17-16-22-18-25(23-12-6-2-7-13-23)28-26(19-22)24-14-8-3-9-15-24/h1-16,18-19,27H,20H2. The van der Waals surface area contributed by atoms with Crippen LogP contribution in [0.25, 0.3) is 28.7 Å². The van der Waals surface area contributed by atoms with Crippen molar-refractivity contribution in [2.24, 2.45) is 0 Å². The lowest BCUT2D eigenvalue weighted by Crippen LogP contribution is -2.04. The summed E-state index contributed by atoms with van der Waals surface area (Å²) in [6.07, 6.45) is 5.15. The molecule has 1 N–H and O–H groups in total. The van der Waals surface area contributed by atoms with Crippen molar-refractivity contribution in [3.8, 4) is 22.6 Å². The minimum atomic E-state index is 0.742. The van der Waals surface area contributed by atoms with E-state index in [0.717, 1.165) is 34.8 Å². The Labute approximate surface area is 165 Å². The highest BCUT2D eigenvalue weighted by Gasteiger charge is 2.15. The van der Waals surface area contributed by atoms with Crippen molar-refractivity contribution >= 4 is 6.08 Å². The fourth-order valence-corrected chi connectivity index (χ4v) is 2.98. The molecule has 0 aliphatic carbocycles. The van der Waals surface area contributed by atoms with E-state index in [1.54, 1.807) is 0 Å². The van der Waals surface area contributed by atoms with E-state index in [1.165, 1.54) is 5.56 Å². The van der Waals surface area contributed by atoms with E-state index in [1.807, 2.05) is 72.8 Å². The molecule has 1 aromatic heterocycles. The van der Waals surface area contributed by atoms with Gasteiger partial charge in [-0.05, 0) is 42.0 Å². The molecular formula is C26H21NO. The Hall–Kier alpha value is -3.65. The third kappa shape index (κ3) is 4.54. The van der Waals surface area contributed by atoms with E-state index in [2.05, 4.69) is 47.9 Å². The molecule has 4 aromatic rings. The maximum atomic E-state index is 6.20. The van der Waals surface area contributed by atoms with Crippen LogP contribution in [-0.2, 0) is 6.54 Å². The molecule has 0 amide bonds. The van der Waals surface area contributed by atoms with E-state index in [9.17, 15) is 0 Å². The molecule has 0 bridgehead atoms. The highest BCUT2D eigenvalue weighted by atomic mass is 16.3. The molecule has 0 saturated heterocycles. The second kappa shape index (κ2) is 8.83. The first-order chi connectivity index (χ1) is 13.9. The normalized spacial score (nSPS) is 10.9. The van der Waals surface area contributed by atoms with E-state index in [4.69, 9.17) is 4.42 Å². The van der Waals surface area contributed by atoms with Crippen LogP contribution in [0.2, 0.25) is 0 Å². The molecule has 28 heavy (non-hydrogen) atoms. The summed E-state index contributed by atoms with van der Waals surface area (Å²) in [6.45, 7) is 0.742. The van der Waals surface area contributed by atoms with Gasteiger partial charge >= 0.3 is 11.5 Å². The van der Waals surface area contributed by atoms with Gasteiger partial charge in [0.25, 0.3) is 0 Å². The number of hydrogen-bond donors (Lipinski definition) is 1. The molecule has 0 radical (unpaired) electrons. The monoisotopic (exact) mass is 363 g/mol. The van der Waals surface area contributed by atoms with Crippen molar-refractivity contribution in [2.75, 3.05) is 0 Å². The summed E-state index contributed by atoms with van der Waals surface area (Å²) < 4.78 is 6.20. The minimum Gasteiger partial charge on any atom is -0.473 e. The minimum absolute atomic E-state index is 0.742. The first-order valence-corrected chi connectivity index (χ1v) is 9.33. The molecule has 0 unspecified atom stereocenters. The fourth-order valence-electron chi connectivity index (χ4n) is 2.98. The predicted molar refractivity (Wildman–Crippen MR) is 115 cm³/mol. The lowest BCUT2D eigenvalue weighted by Gasteiger charge is -2.07. The second-order valence-corrected chi connectivity index (χ2v) is 6.48. The third-order valence-electron chi connectivity index (χ3n) is 4.41. The van der Waals surface area contributed by atoms with E-state index >= 15 is 0 Å². The van der Waals surface area contributed by atoms with Crippen molar-refractivity contribution in [2.45, 2.75) is 6.54 Å². The van der Waals surface area contributed by atoms with Crippen LogP contribution in [0.4, 0.5) is 0 Å². The average molecular weight is 363 g/mol. The van der Waals surface area contributed by atoms with E-state index in [-0.39, 0.29) is 0 Å². The summed E-state index contributed by atoms with van der Waals surface area (Å²) in [6, 6.07) is 34.7. The first kappa shape index (κ1) is 17.7. The molecule has 4 rings (SSSR count). The van der Waals surface area contributed by atoms with Gasteiger partial charge in [-0.15, -0.1) is 0 Å². The predicted octanol–water partition coefficient (Wildman–Crippen LogP) is 6.46. The molecule has 0 aliphatic rings. The number of nitrogens with one attached hydrogen (secondary N) is 1. The number of rotatable bonds is 6. The van der Waals surface area contributed by atoms with Gasteiger partial charge in [0.05, 0.1) is 11.1 Å². The van der Waals surface area contributed by atoms with Crippen LogP contribution in [-0.4, -0.2) is 0 Å². The van der Waals surface area contributed by atoms with Gasteiger partial charge in [-0.1, -0.05) is 66.7 Å². The third-order valence-corrected chi connectivity index (χ3v) is 4.41. The lowest BCUT2D eigenvalue weighted by atomic mass is 10.1. The van der Waals surface area contributed by atoms with Crippen molar-refractivity contribution in [1.82, 2.24) is 5.32 Å². The van der Waals surface area contributed by atoms with Gasteiger partial charge in [-0.3, -0.25) is 0 Å². The van der Waals surface area contributed by atoms with Crippen LogP contribution in [0.5, 0.6) is 0 Å². The molecule has 0 spiro atoms. The van der Waals surface area contributed by atoms with Crippen molar-refractivity contribution in [3.05, 3.63) is 120 Å². The van der Waals surface area contributed by atoms with E-state index < -0.39 is 0 Å². The molecule has 0 fully saturated rings. The zero-order valence-electron chi connectivity index (χ0n) is 15.5. The summed E-state index contributed by atoms with van der Waals surface area (Å²) in [5.74, 6) is 1.66. The zero-order valence-corrected chi connectivity index (χ0v) is 15.5. The highest BCUT2D eigenvalue weighted by Crippen LogP contribution is 2.28. The molecule has 3 aromatic carbocycles. The van der Waals surface area contributed by atoms with Crippen LogP contribution in [0.1, 0.15) is 11.1 Å². The van der Waals surface area contributed by atoms with Gasteiger partial charge in [0.2, 0.25) is 0 Å². The van der Waals surface area contributed by atoms with Crippen LogP contribution in [0, 0.1) is 6.20 Å². The number of benzene rings is 3. The quantitative estimate of drug-likeness (QED) is 0.241. The van der Waals surface area contributed by atoms with Gasteiger partial charge in [0.15, 0.2) is 0 Å². The smallest absolute Gasteiger partial charge is 0.343 e. The first-order valence-electron chi connectivity index (χ1n) is 9.33. The van der Waals surface area contributed by atoms with Crippen LogP contribution in [0.15, 0.2) is 108 Å². The SMILES string of the molecule is [C-](=Cc1cc(-c2ccccc2)[o+]c(-c2ccccc2)c1)NCc1ccccc1. The van der Waals surface area contributed by atoms with Crippen LogP contribution >= 0.6 is 0 Å². The molecule has 0 aliphatic heterocycles. The Morgan fingerprint density at radius 3 is 1.71 bits per heavy atom. The van der Waals surface area contributed by atoms with Gasteiger partial charge in [-0.25, -0.2) is 10.5 Å². The van der Waals surface area contributed by atoms with Crippen molar-refractivity contribution in [1.29, 1.82) is 0 Å². The molecule has 2 nitrogen and oxygen atoms in total. The maximum absolute atomic E-state index is 6.20. The fraction of sp³-hybridized carbons (Fsp3) is 0.0385. The summed E-state index contributed by atoms with van der Waals surface area (Å²) >= 11 is 0. The molecule has 0 atom stereocenters. The van der Waals surface area contributed by atoms with Gasteiger partial charge in [-0.2, -0.15) is 11.8 Å². The molecule has 136 valence electrons. The number of hydrogen-bond acceptors (Lipinski definition) is 1. The zero-order chi connectivity index (χ0) is 19.0. The Bertz CT molecular complexity index is 984. The van der Waals surface area contributed by atoms with Crippen LogP contribution in [0.3, 0.4) is 0 Å². The molecular weight excluding hydrogens is 342 g/mol. The largest absolute Gasteiger partial charge is 0.473 e. The Morgan fingerprint density at radius 1 is 0.679 bits per heavy atom. The topological polar surface area (TPSA) is 23.3 Å². The molecule has 2 heteroatoms. The average Bonchev–Trinajstić information content (AvgIpc) is 2.78. The van der Waals surface area contributed by atoms with Gasteiger partial charge in [0, 0.05) is 6.54 Å². The van der Waals surface area contributed by atoms with Gasteiger partial charge < -0.3 is 5.32 Å².